The number of H-pyrrole nitrogens is 2. The van der Waals surface area contributed by atoms with Crippen LogP contribution in [-0.4, -0.2) is 15.0 Å². The SMILES string of the molecule is O=c1[nH]c2nc(C(F)(F)F)cc(Cl)c2[nH]c1=O. The molecule has 2 aromatic rings. The fraction of sp³-hybridized carbons (Fsp3) is 0.125. The van der Waals surface area contributed by atoms with E-state index in [-0.39, 0.29) is 10.5 Å². The van der Waals surface area contributed by atoms with Gasteiger partial charge < -0.3 is 9.97 Å². The molecule has 0 aliphatic heterocycles. The van der Waals surface area contributed by atoms with Gasteiger partial charge in [-0.3, -0.25) is 9.59 Å². The normalized spacial score (nSPS) is 12.0. The number of alkyl halides is 3. The van der Waals surface area contributed by atoms with E-state index in [1.165, 1.54) is 0 Å². The predicted molar refractivity (Wildman–Crippen MR) is 53.0 cm³/mol. The van der Waals surface area contributed by atoms with Crippen molar-refractivity contribution in [1.82, 2.24) is 15.0 Å². The Morgan fingerprint density at radius 1 is 1.18 bits per heavy atom. The fourth-order valence-corrected chi connectivity index (χ4v) is 1.44. The maximum absolute atomic E-state index is 12.4. The van der Waals surface area contributed by atoms with Gasteiger partial charge in [-0.15, -0.1) is 0 Å². The molecule has 0 saturated carbocycles. The van der Waals surface area contributed by atoms with Crippen LogP contribution in [0.3, 0.4) is 0 Å². The van der Waals surface area contributed by atoms with Crippen LogP contribution in [0.2, 0.25) is 5.02 Å². The number of aromatic amines is 2. The van der Waals surface area contributed by atoms with Crippen molar-refractivity contribution in [2.75, 3.05) is 0 Å². The number of hydrogen-bond donors (Lipinski definition) is 2. The second-order valence-electron chi connectivity index (χ2n) is 3.12. The average Bonchev–Trinajstić information content (AvgIpc) is 2.19. The highest BCUT2D eigenvalue weighted by atomic mass is 35.5. The first kappa shape index (κ1) is 11.6. The van der Waals surface area contributed by atoms with Crippen LogP contribution in [-0.2, 0) is 6.18 Å². The Balaban J connectivity index is 2.87. The summed E-state index contributed by atoms with van der Waals surface area (Å²) in [6.07, 6.45) is -4.69. The van der Waals surface area contributed by atoms with Crippen LogP contribution in [0.4, 0.5) is 13.2 Å². The molecule has 0 spiro atoms. The number of nitrogens with zero attached hydrogens (tertiary/aromatic N) is 1. The van der Waals surface area contributed by atoms with Crippen LogP contribution < -0.4 is 11.1 Å². The molecule has 0 bridgehead atoms. The number of halogens is 4. The van der Waals surface area contributed by atoms with E-state index in [0.717, 1.165) is 0 Å². The summed E-state index contributed by atoms with van der Waals surface area (Å²) in [5.74, 6) is 0. The lowest BCUT2D eigenvalue weighted by atomic mass is 10.3. The van der Waals surface area contributed by atoms with E-state index < -0.39 is 28.6 Å². The minimum Gasteiger partial charge on any atom is -0.313 e. The molecule has 2 aromatic heterocycles. The van der Waals surface area contributed by atoms with Crippen molar-refractivity contribution in [2.24, 2.45) is 0 Å². The highest BCUT2D eigenvalue weighted by molar-refractivity contribution is 6.34. The summed E-state index contributed by atoms with van der Waals surface area (Å²) in [5, 5.41) is -0.351. The van der Waals surface area contributed by atoms with Gasteiger partial charge in [0.2, 0.25) is 0 Å². The van der Waals surface area contributed by atoms with Crippen molar-refractivity contribution in [3.63, 3.8) is 0 Å². The molecule has 0 amide bonds. The Labute approximate surface area is 95.3 Å². The highest BCUT2D eigenvalue weighted by Crippen LogP contribution is 2.31. The molecular weight excluding hydrogens is 263 g/mol. The number of nitrogens with one attached hydrogen (secondary N) is 2. The van der Waals surface area contributed by atoms with E-state index in [0.29, 0.717) is 6.07 Å². The van der Waals surface area contributed by atoms with Gasteiger partial charge in [0, 0.05) is 0 Å². The molecule has 2 heterocycles. The summed E-state index contributed by atoms with van der Waals surface area (Å²) in [6.45, 7) is 0. The van der Waals surface area contributed by atoms with Gasteiger partial charge in [-0.1, -0.05) is 11.6 Å². The van der Waals surface area contributed by atoms with E-state index in [4.69, 9.17) is 11.6 Å². The van der Waals surface area contributed by atoms with E-state index in [9.17, 15) is 22.8 Å². The monoisotopic (exact) mass is 265 g/mol. The first-order chi connectivity index (χ1) is 7.79. The first-order valence-corrected chi connectivity index (χ1v) is 4.57. The van der Waals surface area contributed by atoms with Gasteiger partial charge in [-0.2, -0.15) is 13.2 Å². The minimum atomic E-state index is -4.69. The van der Waals surface area contributed by atoms with Gasteiger partial charge in [0.05, 0.1) is 5.02 Å². The molecule has 0 fully saturated rings. The zero-order valence-electron chi connectivity index (χ0n) is 7.85. The lowest BCUT2D eigenvalue weighted by molar-refractivity contribution is -0.141. The van der Waals surface area contributed by atoms with Crippen LogP contribution in [0.25, 0.3) is 11.2 Å². The summed E-state index contributed by atoms with van der Waals surface area (Å²) >= 11 is 5.56. The van der Waals surface area contributed by atoms with Crippen LogP contribution >= 0.6 is 11.6 Å². The van der Waals surface area contributed by atoms with Crippen LogP contribution in [0.5, 0.6) is 0 Å². The van der Waals surface area contributed by atoms with E-state index in [1.54, 1.807) is 0 Å². The Kier molecular flexibility index (Phi) is 2.46. The van der Waals surface area contributed by atoms with E-state index >= 15 is 0 Å². The third kappa shape index (κ3) is 2.03. The van der Waals surface area contributed by atoms with Crippen molar-refractivity contribution in [3.05, 3.63) is 37.5 Å². The molecule has 0 aromatic carbocycles. The van der Waals surface area contributed by atoms with Crippen molar-refractivity contribution in [3.8, 4) is 0 Å². The van der Waals surface area contributed by atoms with Crippen molar-refractivity contribution < 1.29 is 13.2 Å². The van der Waals surface area contributed by atoms with Crippen LogP contribution in [0.15, 0.2) is 15.7 Å². The van der Waals surface area contributed by atoms with Gasteiger partial charge in [0.25, 0.3) is 0 Å². The summed E-state index contributed by atoms with van der Waals surface area (Å²) in [7, 11) is 0. The molecule has 0 aliphatic carbocycles. The summed E-state index contributed by atoms with van der Waals surface area (Å²) in [4.78, 5) is 29.0. The highest BCUT2D eigenvalue weighted by Gasteiger charge is 2.33. The van der Waals surface area contributed by atoms with Crippen molar-refractivity contribution >= 4 is 22.8 Å². The van der Waals surface area contributed by atoms with Crippen LogP contribution in [0.1, 0.15) is 5.69 Å². The summed E-state index contributed by atoms with van der Waals surface area (Å²) < 4.78 is 37.2. The van der Waals surface area contributed by atoms with Gasteiger partial charge >= 0.3 is 17.3 Å². The lowest BCUT2D eigenvalue weighted by Gasteiger charge is -2.07. The Bertz CT molecular complexity index is 704. The summed E-state index contributed by atoms with van der Waals surface area (Å²) in [5.41, 5.74) is -3.93. The van der Waals surface area contributed by atoms with Gasteiger partial charge in [0.15, 0.2) is 5.65 Å². The quantitative estimate of drug-likeness (QED) is 0.705. The largest absolute Gasteiger partial charge is 0.433 e. The average molecular weight is 266 g/mol. The molecule has 9 heteroatoms. The van der Waals surface area contributed by atoms with Crippen LogP contribution in [0, 0.1) is 0 Å². The lowest BCUT2D eigenvalue weighted by Crippen LogP contribution is -2.29. The predicted octanol–water partition coefficient (Wildman–Crippen LogP) is 1.28. The number of rotatable bonds is 0. The Morgan fingerprint density at radius 3 is 2.35 bits per heavy atom. The number of aromatic nitrogens is 3. The molecule has 17 heavy (non-hydrogen) atoms. The zero-order chi connectivity index (χ0) is 12.8. The number of fused-ring (bicyclic) bond motifs is 1. The maximum Gasteiger partial charge on any atom is 0.433 e. The van der Waals surface area contributed by atoms with Gasteiger partial charge in [-0.05, 0) is 6.07 Å². The number of pyridine rings is 1. The zero-order valence-corrected chi connectivity index (χ0v) is 8.61. The molecule has 90 valence electrons. The second kappa shape index (κ2) is 3.59. The molecule has 5 nitrogen and oxygen atoms in total. The van der Waals surface area contributed by atoms with Gasteiger partial charge in [-0.25, -0.2) is 4.98 Å². The minimum absolute atomic E-state index is 0.149. The molecule has 0 aliphatic rings. The molecule has 0 saturated heterocycles. The molecule has 0 radical (unpaired) electrons. The fourth-order valence-electron chi connectivity index (χ4n) is 1.20. The standard InChI is InChI=1S/C8H3ClF3N3O2/c9-2-1-3(8(10,11)12)13-5-4(2)14-6(16)7(17)15-5/h1H,(H,14,16)(H,13,15,17). The molecule has 0 unspecified atom stereocenters. The first-order valence-electron chi connectivity index (χ1n) is 4.19. The summed E-state index contributed by atoms with van der Waals surface area (Å²) in [6, 6.07) is 0.568. The maximum atomic E-state index is 12.4. The smallest absolute Gasteiger partial charge is 0.313 e. The molecule has 2 N–H and O–H groups in total. The van der Waals surface area contributed by atoms with Crippen molar-refractivity contribution in [2.45, 2.75) is 6.18 Å². The Hall–Kier alpha value is -1.83. The third-order valence-corrected chi connectivity index (χ3v) is 2.24. The third-order valence-electron chi connectivity index (χ3n) is 1.94. The number of hydrogen-bond acceptors (Lipinski definition) is 3. The Morgan fingerprint density at radius 2 is 1.76 bits per heavy atom. The second-order valence-corrected chi connectivity index (χ2v) is 3.53. The molecular formula is C8H3ClF3N3O2. The van der Waals surface area contributed by atoms with Gasteiger partial charge in [0.1, 0.15) is 11.2 Å². The van der Waals surface area contributed by atoms with E-state index in [2.05, 4.69) is 4.98 Å². The van der Waals surface area contributed by atoms with E-state index in [1.807, 2.05) is 9.97 Å². The molecule has 0 atom stereocenters. The topological polar surface area (TPSA) is 78.6 Å². The van der Waals surface area contributed by atoms with Crippen molar-refractivity contribution in [1.29, 1.82) is 0 Å². The molecule has 2 rings (SSSR count).